The Kier molecular flexibility index (Phi) is 3.79. The molecule has 2 aromatic carbocycles. The molecule has 118 valence electrons. The summed E-state index contributed by atoms with van der Waals surface area (Å²) in [4.78, 5) is 12.3. The molecule has 0 saturated heterocycles. The first-order chi connectivity index (χ1) is 10.9. The van der Waals surface area contributed by atoms with Crippen LogP contribution in [0.15, 0.2) is 59.5 Å². The summed E-state index contributed by atoms with van der Waals surface area (Å²) in [6.07, 6.45) is 0.270. The maximum Gasteiger partial charge on any atom is 0.341 e. The smallest absolute Gasteiger partial charge is 0.341 e. The van der Waals surface area contributed by atoms with Gasteiger partial charge in [-0.3, -0.25) is 5.73 Å². The minimum absolute atomic E-state index is 0.210. The van der Waals surface area contributed by atoms with E-state index in [0.29, 0.717) is 22.3 Å². The Labute approximate surface area is 134 Å². The zero-order valence-electron chi connectivity index (χ0n) is 12.4. The Balaban J connectivity index is 2.15. The van der Waals surface area contributed by atoms with Crippen molar-refractivity contribution < 1.29 is 17.9 Å². The topological polar surface area (TPSA) is 86.5 Å². The fourth-order valence-corrected chi connectivity index (χ4v) is 3.18. The van der Waals surface area contributed by atoms with E-state index in [0.717, 1.165) is 6.26 Å². The summed E-state index contributed by atoms with van der Waals surface area (Å²) in [6.45, 7) is 0. The van der Waals surface area contributed by atoms with Crippen molar-refractivity contribution in [1.29, 1.82) is 0 Å². The molecule has 23 heavy (non-hydrogen) atoms. The van der Waals surface area contributed by atoms with Gasteiger partial charge in [-0.25, -0.2) is 13.2 Å². The number of hydrogen-bond donors (Lipinski definition) is 1. The summed E-state index contributed by atoms with van der Waals surface area (Å²) in [5.74, 6) is -0.481. The molecule has 0 amide bonds. The third-order valence-corrected chi connectivity index (χ3v) is 4.78. The highest BCUT2D eigenvalue weighted by atomic mass is 32.2. The third-order valence-electron chi connectivity index (χ3n) is 3.65. The van der Waals surface area contributed by atoms with Crippen molar-refractivity contribution >= 4 is 27.0 Å². The Bertz CT molecular complexity index is 884. The fraction of sp³-hybridized carbons (Fsp3) is 0.118. The quantitative estimate of drug-likeness (QED) is 0.868. The van der Waals surface area contributed by atoms with E-state index in [1.54, 1.807) is 24.3 Å². The molecule has 3 rings (SSSR count). The highest BCUT2D eigenvalue weighted by Crippen LogP contribution is 2.35. The second-order valence-electron chi connectivity index (χ2n) is 5.28. The van der Waals surface area contributed by atoms with Crippen molar-refractivity contribution in [1.82, 2.24) is 0 Å². The number of hydrogen-bond acceptors (Lipinski definition) is 5. The highest BCUT2D eigenvalue weighted by molar-refractivity contribution is 7.90. The molecule has 1 heterocycles. The zero-order chi connectivity index (χ0) is 16.6. The summed E-state index contributed by atoms with van der Waals surface area (Å²) in [6, 6.07) is 15.4. The minimum atomic E-state index is -3.28. The van der Waals surface area contributed by atoms with Crippen LogP contribution < -0.4 is 5.73 Å². The molecule has 1 unspecified atom stereocenters. The number of carbonyl (C=O) groups excluding carboxylic acids is 1. The zero-order valence-corrected chi connectivity index (χ0v) is 13.2. The number of esters is 1. The van der Waals surface area contributed by atoms with Crippen LogP contribution in [0.3, 0.4) is 0 Å². The van der Waals surface area contributed by atoms with Gasteiger partial charge in [-0.1, -0.05) is 42.5 Å². The lowest BCUT2D eigenvalue weighted by Gasteiger charge is -2.10. The molecule has 2 aromatic rings. The van der Waals surface area contributed by atoms with Crippen molar-refractivity contribution in [2.45, 2.75) is 11.1 Å². The normalized spacial score (nSPS) is 18.2. The van der Waals surface area contributed by atoms with Crippen molar-refractivity contribution in [3.8, 4) is 0 Å². The monoisotopic (exact) mass is 329 g/mol. The van der Waals surface area contributed by atoms with E-state index >= 15 is 0 Å². The van der Waals surface area contributed by atoms with Gasteiger partial charge in [0.1, 0.15) is 0 Å². The molecular weight excluding hydrogens is 314 g/mol. The van der Waals surface area contributed by atoms with E-state index in [2.05, 4.69) is 0 Å². The van der Waals surface area contributed by atoms with Crippen molar-refractivity contribution in [2.75, 3.05) is 6.26 Å². The average molecular weight is 329 g/mol. The molecule has 0 saturated carbocycles. The fourth-order valence-electron chi connectivity index (χ4n) is 2.55. The lowest BCUT2D eigenvalue weighted by Crippen LogP contribution is -2.21. The Morgan fingerprint density at radius 2 is 1.57 bits per heavy atom. The first-order valence-electron chi connectivity index (χ1n) is 6.94. The van der Waals surface area contributed by atoms with E-state index in [4.69, 9.17) is 10.5 Å². The summed E-state index contributed by atoms with van der Waals surface area (Å²) in [5.41, 5.74) is 8.28. The van der Waals surface area contributed by atoms with Crippen LogP contribution >= 0.6 is 0 Å². The van der Waals surface area contributed by atoms with Gasteiger partial charge in [0.2, 0.25) is 0 Å². The summed E-state index contributed by atoms with van der Waals surface area (Å²) >= 11 is 0. The van der Waals surface area contributed by atoms with E-state index in [1.807, 2.05) is 18.2 Å². The first-order valence-corrected chi connectivity index (χ1v) is 8.84. The maximum absolute atomic E-state index is 12.1. The van der Waals surface area contributed by atoms with Crippen LogP contribution in [0, 0.1) is 0 Å². The molecule has 6 heteroatoms. The van der Waals surface area contributed by atoms with Crippen LogP contribution in [-0.2, 0) is 19.4 Å². The van der Waals surface area contributed by atoms with Crippen LogP contribution in [-0.4, -0.2) is 26.9 Å². The molecule has 2 N–H and O–H groups in total. The van der Waals surface area contributed by atoms with Crippen LogP contribution in [0.2, 0.25) is 0 Å². The van der Waals surface area contributed by atoms with E-state index in [9.17, 15) is 13.2 Å². The van der Waals surface area contributed by atoms with Gasteiger partial charge in [0.05, 0.1) is 10.5 Å². The molecule has 0 bridgehead atoms. The molecule has 0 aliphatic carbocycles. The number of rotatable bonds is 3. The summed E-state index contributed by atoms with van der Waals surface area (Å²) in [5, 5.41) is 0. The number of carbonyl (C=O) groups is 1. The van der Waals surface area contributed by atoms with Gasteiger partial charge in [0.25, 0.3) is 0 Å². The van der Waals surface area contributed by atoms with E-state index in [-0.39, 0.29) is 4.90 Å². The predicted molar refractivity (Wildman–Crippen MR) is 86.9 cm³/mol. The number of benzene rings is 2. The second-order valence-corrected chi connectivity index (χ2v) is 7.29. The largest absolute Gasteiger partial charge is 0.439 e. The van der Waals surface area contributed by atoms with E-state index in [1.165, 1.54) is 12.1 Å². The van der Waals surface area contributed by atoms with Crippen LogP contribution in [0.5, 0.6) is 0 Å². The number of sulfone groups is 1. The lowest BCUT2D eigenvalue weighted by atomic mass is 9.95. The molecule has 0 fully saturated rings. The van der Waals surface area contributed by atoms with Gasteiger partial charge in [0.15, 0.2) is 16.1 Å². The van der Waals surface area contributed by atoms with Gasteiger partial charge in [0, 0.05) is 11.8 Å². The molecule has 0 spiro atoms. The van der Waals surface area contributed by atoms with Gasteiger partial charge < -0.3 is 4.74 Å². The van der Waals surface area contributed by atoms with E-state index < -0.39 is 22.0 Å². The van der Waals surface area contributed by atoms with Gasteiger partial charge >= 0.3 is 5.97 Å². The number of nitrogens with two attached hydrogens (primary N) is 1. The highest BCUT2D eigenvalue weighted by Gasteiger charge is 2.33. The van der Waals surface area contributed by atoms with Crippen molar-refractivity contribution in [2.24, 2.45) is 5.73 Å². The standard InChI is InChI=1S/C17H15NO4S/c1-23(20,21)13-9-7-12(8-10-13)14-15(17(19)22-16(14)18)11-5-3-2-4-6-11/h2-10,16H,18H2,1H3. The van der Waals surface area contributed by atoms with Gasteiger partial charge in [-0.2, -0.15) is 0 Å². The number of ether oxygens (including phenoxy) is 1. The van der Waals surface area contributed by atoms with Crippen LogP contribution in [0.25, 0.3) is 11.1 Å². The molecule has 1 aliphatic heterocycles. The molecule has 1 atom stereocenters. The van der Waals surface area contributed by atoms with Crippen molar-refractivity contribution in [3.63, 3.8) is 0 Å². The lowest BCUT2D eigenvalue weighted by molar-refractivity contribution is -0.137. The van der Waals surface area contributed by atoms with Crippen LogP contribution in [0.1, 0.15) is 11.1 Å². The predicted octanol–water partition coefficient (Wildman–Crippen LogP) is 1.84. The van der Waals surface area contributed by atoms with Crippen LogP contribution in [0.4, 0.5) is 0 Å². The summed E-state index contributed by atoms with van der Waals surface area (Å²) < 4.78 is 28.2. The third kappa shape index (κ3) is 2.91. The Hall–Kier alpha value is -2.44. The molecule has 0 radical (unpaired) electrons. The Morgan fingerprint density at radius 1 is 0.957 bits per heavy atom. The summed E-state index contributed by atoms with van der Waals surface area (Å²) in [7, 11) is -3.28. The molecule has 0 aromatic heterocycles. The van der Waals surface area contributed by atoms with Crippen molar-refractivity contribution in [3.05, 3.63) is 65.7 Å². The average Bonchev–Trinajstić information content (AvgIpc) is 2.82. The van der Waals surface area contributed by atoms with Gasteiger partial charge in [-0.05, 0) is 23.3 Å². The second kappa shape index (κ2) is 5.64. The maximum atomic E-state index is 12.1. The van der Waals surface area contributed by atoms with Gasteiger partial charge in [-0.15, -0.1) is 0 Å². The molecule has 5 nitrogen and oxygen atoms in total. The molecular formula is C17H15NO4S. The first kappa shape index (κ1) is 15.5. The molecule has 1 aliphatic rings. The minimum Gasteiger partial charge on any atom is -0.439 e. The SMILES string of the molecule is CS(=O)(=O)c1ccc(C2=C(c3ccccc3)C(=O)OC2N)cc1. The number of cyclic esters (lactones) is 1. The Morgan fingerprint density at radius 3 is 2.13 bits per heavy atom.